The van der Waals surface area contributed by atoms with Crippen molar-refractivity contribution in [1.82, 2.24) is 10.6 Å². The highest BCUT2D eigenvalue weighted by atomic mass is 16.7. The van der Waals surface area contributed by atoms with E-state index in [4.69, 9.17) is 53.1 Å². The molecule has 0 saturated heterocycles. The normalized spacial score (nSPS) is 20.7. The molecule has 0 aromatic heterocycles. The van der Waals surface area contributed by atoms with E-state index >= 15 is 0 Å². The quantitative estimate of drug-likeness (QED) is 0.117. The summed E-state index contributed by atoms with van der Waals surface area (Å²) in [5.41, 5.74) is 5.87. The van der Waals surface area contributed by atoms with E-state index in [-0.39, 0.29) is 45.4 Å². The van der Waals surface area contributed by atoms with Gasteiger partial charge in [-0.2, -0.15) is 0 Å². The van der Waals surface area contributed by atoms with Crippen LogP contribution < -0.4 is 16.4 Å². The van der Waals surface area contributed by atoms with Gasteiger partial charge in [-0.15, -0.1) is 0 Å². The summed E-state index contributed by atoms with van der Waals surface area (Å²) >= 11 is 0. The lowest BCUT2D eigenvalue weighted by Gasteiger charge is -2.41. The topological polar surface area (TPSA) is 177 Å². The van der Waals surface area contributed by atoms with Gasteiger partial charge in [-0.3, -0.25) is 5.32 Å². The highest BCUT2D eigenvalue weighted by Crippen LogP contribution is 2.26. The van der Waals surface area contributed by atoms with Gasteiger partial charge in [0.25, 0.3) is 0 Å². The molecule has 4 N–H and O–H groups in total. The Labute approximate surface area is 229 Å². The lowest BCUT2D eigenvalue weighted by atomic mass is 9.92. The maximum absolute atomic E-state index is 12.7. The molecule has 15 nitrogen and oxygen atoms in total. The van der Waals surface area contributed by atoms with E-state index in [9.17, 15) is 9.59 Å². The lowest BCUT2D eigenvalue weighted by Crippen LogP contribution is -2.62. The summed E-state index contributed by atoms with van der Waals surface area (Å²) in [5.74, 6) is -0.937. The number of amides is 1. The number of hydrogen-bond acceptors (Lipinski definition) is 14. The second-order valence-electron chi connectivity index (χ2n) is 9.23. The van der Waals surface area contributed by atoms with Crippen LogP contribution in [0.1, 0.15) is 20.8 Å². The monoisotopic (exact) mass is 565 g/mol. The SMILES string of the molecule is C=C(NC(=O)OC(C)(C)C)N[C@H]1C=C(C(=O)OCOC)O[C@@H]([C@H](OCOC)[C@@H](COCOC)OCOC)[C@@H]1N. The van der Waals surface area contributed by atoms with Crippen LogP contribution in [0.25, 0.3) is 0 Å². The van der Waals surface area contributed by atoms with Crippen molar-refractivity contribution in [3.8, 4) is 0 Å². The molecule has 1 heterocycles. The summed E-state index contributed by atoms with van der Waals surface area (Å²) in [6.07, 6.45) is -2.09. The van der Waals surface area contributed by atoms with E-state index in [0.29, 0.717) is 0 Å². The van der Waals surface area contributed by atoms with Gasteiger partial charge in [-0.1, -0.05) is 6.58 Å². The summed E-state index contributed by atoms with van der Waals surface area (Å²) < 4.78 is 53.4. The van der Waals surface area contributed by atoms with Crippen LogP contribution in [0, 0.1) is 0 Å². The molecular formula is C24H43N3O12. The largest absolute Gasteiger partial charge is 0.479 e. The highest BCUT2D eigenvalue weighted by Gasteiger charge is 2.44. The van der Waals surface area contributed by atoms with Crippen LogP contribution in [-0.4, -0.2) is 110 Å². The number of alkyl carbamates (subject to hydrolysis) is 1. The number of esters is 1. The molecule has 0 aromatic rings. The molecule has 15 heteroatoms. The first-order valence-corrected chi connectivity index (χ1v) is 12.0. The zero-order valence-electron chi connectivity index (χ0n) is 23.7. The molecule has 1 aliphatic rings. The van der Waals surface area contributed by atoms with Gasteiger partial charge >= 0.3 is 12.1 Å². The van der Waals surface area contributed by atoms with E-state index in [0.717, 1.165) is 0 Å². The van der Waals surface area contributed by atoms with Gasteiger partial charge in [0, 0.05) is 28.4 Å². The minimum Gasteiger partial charge on any atom is -0.479 e. The Kier molecular flexibility index (Phi) is 15.9. The van der Waals surface area contributed by atoms with Crippen molar-refractivity contribution < 1.29 is 57.0 Å². The minimum atomic E-state index is -1.02. The maximum atomic E-state index is 12.7. The zero-order chi connectivity index (χ0) is 29.4. The number of nitrogens with one attached hydrogen (secondary N) is 2. The molecule has 0 unspecified atom stereocenters. The number of rotatable bonds is 18. The Bertz CT molecular complexity index is 789. The molecule has 0 aliphatic carbocycles. The van der Waals surface area contributed by atoms with E-state index in [1.807, 2.05) is 0 Å². The number of carbonyl (C=O) groups excluding carboxylic acids is 2. The smallest absolute Gasteiger partial charge is 0.413 e. The number of carbonyl (C=O) groups is 2. The molecule has 5 atom stereocenters. The van der Waals surface area contributed by atoms with Gasteiger partial charge in [0.05, 0.1) is 18.7 Å². The van der Waals surface area contributed by atoms with Crippen LogP contribution in [0.5, 0.6) is 0 Å². The molecule has 1 rings (SSSR count). The van der Waals surface area contributed by atoms with E-state index in [1.165, 1.54) is 34.5 Å². The van der Waals surface area contributed by atoms with Crippen LogP contribution in [0.15, 0.2) is 24.2 Å². The van der Waals surface area contributed by atoms with Gasteiger partial charge in [-0.25, -0.2) is 9.59 Å². The number of hydrogen-bond donors (Lipinski definition) is 3. The Morgan fingerprint density at radius 2 is 1.64 bits per heavy atom. The van der Waals surface area contributed by atoms with Crippen molar-refractivity contribution >= 4 is 12.1 Å². The molecule has 1 amide bonds. The van der Waals surface area contributed by atoms with Crippen LogP contribution >= 0.6 is 0 Å². The molecule has 1 aliphatic heterocycles. The van der Waals surface area contributed by atoms with Crippen molar-refractivity contribution in [2.45, 2.75) is 56.8 Å². The van der Waals surface area contributed by atoms with Crippen molar-refractivity contribution in [3.05, 3.63) is 24.2 Å². The fourth-order valence-corrected chi connectivity index (χ4v) is 3.33. The van der Waals surface area contributed by atoms with E-state index in [1.54, 1.807) is 20.8 Å². The number of nitrogens with two attached hydrogens (primary N) is 1. The first-order valence-electron chi connectivity index (χ1n) is 12.0. The maximum Gasteiger partial charge on any atom is 0.413 e. The third kappa shape index (κ3) is 12.9. The summed E-state index contributed by atoms with van der Waals surface area (Å²) in [6, 6.07) is -1.67. The minimum absolute atomic E-state index is 0.00364. The second-order valence-corrected chi connectivity index (χ2v) is 9.23. The Hall–Kier alpha value is -2.50. The van der Waals surface area contributed by atoms with Crippen LogP contribution in [0.3, 0.4) is 0 Å². The number of methoxy groups -OCH3 is 4. The first kappa shape index (κ1) is 34.5. The number of ether oxygens (including phenoxy) is 10. The molecule has 0 spiro atoms. The molecule has 226 valence electrons. The Morgan fingerprint density at radius 3 is 2.23 bits per heavy atom. The average Bonchev–Trinajstić information content (AvgIpc) is 2.85. The van der Waals surface area contributed by atoms with Crippen LogP contribution in [-0.2, 0) is 52.2 Å². The van der Waals surface area contributed by atoms with Gasteiger partial charge in [-0.05, 0) is 26.8 Å². The Balaban J connectivity index is 3.28. The third-order valence-electron chi connectivity index (χ3n) is 4.84. The predicted octanol–water partition coefficient (Wildman–Crippen LogP) is 0.296. The average molecular weight is 566 g/mol. The zero-order valence-corrected chi connectivity index (χ0v) is 23.7. The van der Waals surface area contributed by atoms with Gasteiger partial charge in [0.2, 0.25) is 5.76 Å². The summed E-state index contributed by atoms with van der Waals surface area (Å²) in [7, 11) is 5.73. The van der Waals surface area contributed by atoms with Gasteiger partial charge in [0.1, 0.15) is 50.1 Å². The van der Waals surface area contributed by atoms with Gasteiger partial charge < -0.3 is 58.4 Å². The molecule has 0 aromatic carbocycles. The molecule has 39 heavy (non-hydrogen) atoms. The summed E-state index contributed by atoms with van der Waals surface area (Å²) in [6.45, 7) is 8.38. The first-order chi connectivity index (χ1) is 18.5. The van der Waals surface area contributed by atoms with Gasteiger partial charge in [0.15, 0.2) is 6.79 Å². The Morgan fingerprint density at radius 1 is 1.03 bits per heavy atom. The molecule has 0 fully saturated rings. The third-order valence-corrected chi connectivity index (χ3v) is 4.84. The molecule has 0 radical (unpaired) electrons. The highest BCUT2D eigenvalue weighted by molar-refractivity contribution is 5.86. The molecule has 0 saturated carbocycles. The van der Waals surface area contributed by atoms with Crippen molar-refractivity contribution in [2.75, 3.05) is 62.2 Å². The summed E-state index contributed by atoms with van der Waals surface area (Å²) in [5, 5.41) is 5.46. The van der Waals surface area contributed by atoms with Crippen LogP contribution in [0.4, 0.5) is 4.79 Å². The fourth-order valence-electron chi connectivity index (χ4n) is 3.33. The fraction of sp³-hybridized carbons (Fsp3) is 0.750. The lowest BCUT2D eigenvalue weighted by molar-refractivity contribution is -0.212. The standard InChI is InChI=1S/C24H43N3O12/c1-15(27-23(29)39-24(2,3)4)26-16-9-17(22(28)37-14-33-8)38-21(19(16)25)20(36-13-32-7)18(35-12-31-6)10-34-11-30-5/h9,16,18-21,26H,1,10-14,25H2,2-8H3,(H,27,29)/t16-,18+,19+,20+,21+/m0/s1. The predicted molar refractivity (Wildman–Crippen MR) is 136 cm³/mol. The van der Waals surface area contributed by atoms with Crippen LogP contribution in [0.2, 0.25) is 0 Å². The second kappa shape index (κ2) is 18.0. The van der Waals surface area contributed by atoms with E-state index in [2.05, 4.69) is 17.2 Å². The van der Waals surface area contributed by atoms with Crippen molar-refractivity contribution in [3.63, 3.8) is 0 Å². The summed E-state index contributed by atoms with van der Waals surface area (Å²) in [4.78, 5) is 24.9. The molecule has 0 bridgehead atoms. The van der Waals surface area contributed by atoms with Crippen molar-refractivity contribution in [2.24, 2.45) is 5.73 Å². The molecular weight excluding hydrogens is 522 g/mol. The van der Waals surface area contributed by atoms with Crippen molar-refractivity contribution in [1.29, 1.82) is 0 Å². The van der Waals surface area contributed by atoms with E-state index < -0.39 is 48.1 Å².